The van der Waals surface area contributed by atoms with Gasteiger partial charge in [-0.25, -0.2) is 38.4 Å². The van der Waals surface area contributed by atoms with E-state index in [4.69, 9.17) is 71.1 Å². The summed E-state index contributed by atoms with van der Waals surface area (Å²) in [5, 5.41) is 0. The molecule has 0 bridgehead atoms. The van der Waals surface area contributed by atoms with Gasteiger partial charge < -0.3 is 71.1 Å². The molecule has 0 atom stereocenters. The molecule has 0 saturated heterocycles. The van der Waals surface area contributed by atoms with Crippen LogP contribution in [0.3, 0.4) is 0 Å². The van der Waals surface area contributed by atoms with Gasteiger partial charge in [0.1, 0.15) is 86.5 Å². The maximum absolute atomic E-state index is 12.8. The fourth-order valence-electron chi connectivity index (χ4n) is 10.8. The van der Waals surface area contributed by atoms with Gasteiger partial charge in [-0.1, -0.05) is 23.7 Å². The summed E-state index contributed by atoms with van der Waals surface area (Å²) >= 11 is 0. The Bertz CT molecular complexity index is 4580. The van der Waals surface area contributed by atoms with E-state index in [1.165, 1.54) is 130 Å². The predicted octanol–water partition coefficient (Wildman–Crippen LogP) is 12.6. The molecule has 10 aromatic rings. The van der Waals surface area contributed by atoms with E-state index in [9.17, 15) is 38.4 Å². The van der Waals surface area contributed by atoms with E-state index in [-0.39, 0.29) is 125 Å². The molecule has 0 aliphatic carbocycles. The SMILES string of the molecule is COC(=O)c1cc(COc2cc(COc3cc(COc4cc(C#Cc5ccncc5)cc(C#Cc5ccncc5)c4)cc(OCc4cc(OCc5cc(C(=O)OC)cc(C(=O)OC)c5)cc(OCc5cc(C(=O)OC)cc(C(=O)OC)c5)c4)c3)cc(OCc3cc(C(=O)OC)cc(C(=O)OC)c3)c2)cc(C(=O)OC)c1. The number of carbonyl (C=O) groups is 8. The minimum Gasteiger partial charge on any atom is -0.489 e. The fourth-order valence-corrected chi connectivity index (χ4v) is 10.8. The van der Waals surface area contributed by atoms with E-state index in [0.29, 0.717) is 55.8 Å². The lowest BCUT2D eigenvalue weighted by atomic mass is 10.1. The zero-order valence-electron chi connectivity index (χ0n) is 60.7. The zero-order valence-corrected chi connectivity index (χ0v) is 60.7. The average molecular weight is 1490 g/mol. The molecule has 0 unspecified atom stereocenters. The molecule has 2 aromatic heterocycles. The number of rotatable bonds is 29. The quantitative estimate of drug-likeness (QED) is 0.0239. The highest BCUT2D eigenvalue weighted by molar-refractivity contribution is 5.98. The number of pyridine rings is 2. The third-order valence-corrected chi connectivity index (χ3v) is 16.0. The predicted molar refractivity (Wildman–Crippen MR) is 393 cm³/mol. The molecule has 10 rings (SSSR count). The molecule has 25 nitrogen and oxygen atoms in total. The van der Waals surface area contributed by atoms with Gasteiger partial charge in [-0.3, -0.25) is 9.97 Å². The van der Waals surface area contributed by atoms with Crippen molar-refractivity contribution in [3.63, 3.8) is 0 Å². The topological polar surface area (TPSA) is 301 Å². The van der Waals surface area contributed by atoms with E-state index < -0.39 is 47.8 Å². The summed E-state index contributed by atoms with van der Waals surface area (Å²) in [7, 11) is 9.67. The Morgan fingerprint density at radius 2 is 0.391 bits per heavy atom. The molecule has 0 aliphatic rings. The largest absolute Gasteiger partial charge is 0.489 e. The number of hydrogen-bond acceptors (Lipinski definition) is 25. The Kier molecular flexibility index (Phi) is 27.0. The van der Waals surface area contributed by atoms with Crippen LogP contribution in [0.25, 0.3) is 0 Å². The van der Waals surface area contributed by atoms with Gasteiger partial charge in [-0.05, 0) is 191 Å². The van der Waals surface area contributed by atoms with Crippen LogP contribution in [0.15, 0.2) is 195 Å². The van der Waals surface area contributed by atoms with Crippen LogP contribution in [0.5, 0.6) is 40.2 Å². The van der Waals surface area contributed by atoms with Crippen LogP contribution in [-0.2, 0) is 84.1 Å². The molecule has 558 valence electrons. The summed E-state index contributed by atoms with van der Waals surface area (Å²) in [5.74, 6) is 9.08. The summed E-state index contributed by atoms with van der Waals surface area (Å²) in [4.78, 5) is 111. The van der Waals surface area contributed by atoms with Crippen LogP contribution in [0.1, 0.15) is 144 Å². The lowest BCUT2D eigenvalue weighted by Crippen LogP contribution is -2.09. The van der Waals surface area contributed by atoms with Crippen LogP contribution < -0.4 is 33.2 Å². The highest BCUT2D eigenvalue weighted by Gasteiger charge is 2.21. The van der Waals surface area contributed by atoms with Crippen LogP contribution in [0.4, 0.5) is 0 Å². The Hall–Kier alpha value is -14.5. The highest BCUT2D eigenvalue weighted by atomic mass is 16.6. The third kappa shape index (κ3) is 22.1. The van der Waals surface area contributed by atoms with Crippen LogP contribution in [-0.4, -0.2) is 115 Å². The van der Waals surface area contributed by atoms with Crippen molar-refractivity contribution >= 4 is 47.8 Å². The van der Waals surface area contributed by atoms with E-state index >= 15 is 0 Å². The van der Waals surface area contributed by atoms with Crippen molar-refractivity contribution in [2.75, 3.05) is 56.9 Å². The van der Waals surface area contributed by atoms with Crippen molar-refractivity contribution in [2.24, 2.45) is 0 Å². The number of aromatic nitrogens is 2. The Labute approximate surface area is 631 Å². The monoisotopic (exact) mass is 1490 g/mol. The standard InChI is InChI=1S/C85H70N2O23/c1-96-78(88)63-22-56(23-64(38-63)79(89)97-2)45-105-72-34-61(35-73(42-72)106-46-57-24-65(80(90)98-3)39-66(25-57)81(91)99-4)50-109-76-32-60(49-104-71-30-54(11-9-52-13-17-86-18-14-52)21-55(31-71)12-10-53-15-19-87-20-16-53)33-77(44-76)110-51-62-36-74(107-47-58-26-67(82(92)100-5)40-68(27-58)83(93)101-6)43-75(37-62)108-48-59-28-69(84(94)102-7)41-70(29-59)85(95)103-8/h13-44H,45-51H2,1-8H3. The molecular weight excluding hydrogens is 1420 g/mol. The molecule has 0 aliphatic heterocycles. The highest BCUT2D eigenvalue weighted by Crippen LogP contribution is 2.33. The van der Waals surface area contributed by atoms with E-state index in [0.717, 1.165) is 11.1 Å². The first-order valence-electron chi connectivity index (χ1n) is 33.3. The van der Waals surface area contributed by atoms with Crippen molar-refractivity contribution in [1.29, 1.82) is 0 Å². The first kappa shape index (κ1) is 78.1. The lowest BCUT2D eigenvalue weighted by Gasteiger charge is -2.16. The molecule has 0 saturated carbocycles. The summed E-state index contributed by atoms with van der Waals surface area (Å²) in [5.41, 5.74) is 6.35. The maximum Gasteiger partial charge on any atom is 0.337 e. The van der Waals surface area contributed by atoms with Gasteiger partial charge in [-0.15, -0.1) is 0 Å². The van der Waals surface area contributed by atoms with Gasteiger partial charge in [0.05, 0.1) is 101 Å². The molecule has 0 amide bonds. The normalized spacial score (nSPS) is 10.4. The number of benzene rings is 8. The number of hydrogen-bond donors (Lipinski definition) is 0. The van der Waals surface area contributed by atoms with Crippen molar-refractivity contribution in [3.8, 4) is 63.9 Å². The first-order chi connectivity index (χ1) is 53.3. The lowest BCUT2D eigenvalue weighted by molar-refractivity contribution is 0.0581. The minimum absolute atomic E-state index is 0.0671. The van der Waals surface area contributed by atoms with E-state index in [2.05, 4.69) is 33.6 Å². The summed E-state index contributed by atoms with van der Waals surface area (Å²) in [6, 6.07) is 45.1. The molecule has 0 N–H and O–H groups in total. The molecule has 0 fully saturated rings. The smallest absolute Gasteiger partial charge is 0.337 e. The van der Waals surface area contributed by atoms with Crippen molar-refractivity contribution in [3.05, 3.63) is 300 Å². The van der Waals surface area contributed by atoms with Crippen LogP contribution >= 0.6 is 0 Å². The van der Waals surface area contributed by atoms with Gasteiger partial charge in [0.25, 0.3) is 0 Å². The second kappa shape index (κ2) is 38.0. The molecule has 25 heteroatoms. The number of nitrogens with zero attached hydrogens (tertiary/aromatic N) is 2. The number of ether oxygens (including phenoxy) is 15. The summed E-state index contributed by atoms with van der Waals surface area (Å²) in [6.45, 7) is -1.11. The van der Waals surface area contributed by atoms with E-state index in [1.54, 1.807) is 116 Å². The minimum atomic E-state index is -0.706. The van der Waals surface area contributed by atoms with Gasteiger partial charge in [0.15, 0.2) is 0 Å². The molecule has 110 heavy (non-hydrogen) atoms. The van der Waals surface area contributed by atoms with Gasteiger partial charge in [0.2, 0.25) is 0 Å². The Morgan fingerprint density at radius 3 is 0.582 bits per heavy atom. The molecule has 8 aromatic carbocycles. The van der Waals surface area contributed by atoms with Crippen molar-refractivity contribution in [1.82, 2.24) is 9.97 Å². The number of esters is 8. The van der Waals surface area contributed by atoms with Crippen LogP contribution in [0, 0.1) is 23.7 Å². The summed E-state index contributed by atoms with van der Waals surface area (Å²) < 4.78 is 85.2. The Morgan fingerprint density at radius 1 is 0.218 bits per heavy atom. The first-order valence-corrected chi connectivity index (χ1v) is 33.3. The second-order valence-electron chi connectivity index (χ2n) is 23.8. The molecule has 0 spiro atoms. The Balaban J connectivity index is 1.02. The zero-order chi connectivity index (χ0) is 78.1. The second-order valence-corrected chi connectivity index (χ2v) is 23.8. The van der Waals surface area contributed by atoms with Gasteiger partial charge in [-0.2, -0.15) is 0 Å². The number of carbonyl (C=O) groups excluding carboxylic acids is 8. The maximum atomic E-state index is 12.8. The van der Waals surface area contributed by atoms with Gasteiger partial charge >= 0.3 is 47.8 Å². The fraction of sp³-hybridized carbons (Fsp3) is 0.176. The molecular formula is C85H70N2O23. The average Bonchev–Trinajstić information content (AvgIpc) is 0.832. The molecule has 2 heterocycles. The third-order valence-electron chi connectivity index (χ3n) is 16.0. The summed E-state index contributed by atoms with van der Waals surface area (Å²) in [6.07, 6.45) is 6.60. The van der Waals surface area contributed by atoms with Crippen LogP contribution in [0.2, 0.25) is 0 Å². The van der Waals surface area contributed by atoms with Gasteiger partial charge in [0, 0.05) is 65.2 Å². The van der Waals surface area contributed by atoms with E-state index in [1.807, 2.05) is 6.07 Å². The molecule has 0 radical (unpaired) electrons. The van der Waals surface area contributed by atoms with Crippen molar-refractivity contribution in [2.45, 2.75) is 46.2 Å². The van der Waals surface area contributed by atoms with Crippen molar-refractivity contribution < 1.29 is 109 Å². The number of methoxy groups -OCH3 is 8.